The van der Waals surface area contributed by atoms with Crippen LogP contribution < -0.4 is 4.90 Å². The first-order valence-corrected chi connectivity index (χ1v) is 12.4. The van der Waals surface area contributed by atoms with Gasteiger partial charge in [0.2, 0.25) is 11.8 Å². The van der Waals surface area contributed by atoms with Gasteiger partial charge >= 0.3 is 0 Å². The Kier molecular flexibility index (Phi) is 4.34. The second-order valence-electron chi connectivity index (χ2n) is 8.26. The zero-order valence-electron chi connectivity index (χ0n) is 16.0. The number of amides is 2. The maximum atomic E-state index is 14.2. The molecule has 2 aromatic rings. The van der Waals surface area contributed by atoms with Crippen LogP contribution in [-0.2, 0) is 20.3 Å². The van der Waals surface area contributed by atoms with Gasteiger partial charge in [0.1, 0.15) is 7.14 Å². The molecule has 2 saturated heterocycles. The van der Waals surface area contributed by atoms with Crippen LogP contribution in [0.25, 0.3) is 0 Å². The zero-order chi connectivity index (χ0) is 20.3. The number of carbonyl (C=O) groups is 2. The van der Waals surface area contributed by atoms with Crippen molar-refractivity contribution in [3.8, 4) is 0 Å². The van der Waals surface area contributed by atoms with Crippen molar-refractivity contribution in [1.82, 2.24) is 0 Å². The normalized spacial score (nSPS) is 33.4. The second kappa shape index (κ2) is 6.68. The van der Waals surface area contributed by atoms with Crippen LogP contribution >= 0.6 is 18.7 Å². The summed E-state index contributed by atoms with van der Waals surface area (Å²) >= 11 is 6.64. The lowest BCUT2D eigenvalue weighted by Crippen LogP contribution is -2.47. The topological polar surface area (TPSA) is 54.5 Å². The quantitative estimate of drug-likeness (QED) is 0.520. The van der Waals surface area contributed by atoms with Crippen LogP contribution in [0, 0.1) is 17.8 Å². The number of halogens is 1. The summed E-state index contributed by atoms with van der Waals surface area (Å²) in [6.45, 7) is 1.88. The van der Waals surface area contributed by atoms with Gasteiger partial charge in [-0.15, -0.1) is 0 Å². The predicted molar refractivity (Wildman–Crippen MR) is 114 cm³/mol. The van der Waals surface area contributed by atoms with Crippen LogP contribution in [0.1, 0.15) is 12.5 Å². The summed E-state index contributed by atoms with van der Waals surface area (Å²) in [6.07, 6.45) is 0.831. The first kappa shape index (κ1) is 18.8. The summed E-state index contributed by atoms with van der Waals surface area (Å²) in [5.74, 6) is -1.89. The summed E-state index contributed by atoms with van der Waals surface area (Å²) in [5, 5.41) is 0.631. The van der Waals surface area contributed by atoms with E-state index in [2.05, 4.69) is 0 Å². The van der Waals surface area contributed by atoms with Crippen molar-refractivity contribution < 1.29 is 14.2 Å². The van der Waals surface area contributed by atoms with E-state index in [0.29, 0.717) is 23.0 Å². The van der Waals surface area contributed by atoms with Crippen molar-refractivity contribution in [2.45, 2.75) is 18.7 Å². The first-order valence-electron chi connectivity index (χ1n) is 9.83. The van der Waals surface area contributed by atoms with E-state index >= 15 is 0 Å². The Morgan fingerprint density at radius 3 is 2.21 bits per heavy atom. The number of nitrogens with zero attached hydrogens (tertiary/aromatic N) is 1. The number of rotatable bonds is 3. The van der Waals surface area contributed by atoms with Gasteiger partial charge < -0.3 is 4.57 Å². The Labute approximate surface area is 174 Å². The highest BCUT2D eigenvalue weighted by atomic mass is 35.5. The molecule has 0 aromatic heterocycles. The van der Waals surface area contributed by atoms with E-state index in [-0.39, 0.29) is 17.7 Å². The monoisotopic (exact) mass is 425 g/mol. The van der Waals surface area contributed by atoms with Crippen LogP contribution in [0.3, 0.4) is 0 Å². The third kappa shape index (κ3) is 2.69. The molecule has 2 bridgehead atoms. The number of hydrogen-bond donors (Lipinski definition) is 0. The number of allylic oxidation sites excluding steroid dienone is 2. The Balaban J connectivity index is 1.59. The molecule has 0 radical (unpaired) electrons. The number of carbonyl (C=O) groups excluding carboxylic acids is 2. The lowest BCUT2D eigenvalue weighted by Gasteiger charge is -2.48. The van der Waals surface area contributed by atoms with Crippen molar-refractivity contribution in [3.63, 3.8) is 0 Å². The molecule has 29 heavy (non-hydrogen) atoms. The molecule has 4 nitrogen and oxygen atoms in total. The predicted octanol–water partition coefficient (Wildman–Crippen LogP) is 4.88. The van der Waals surface area contributed by atoms with Crippen LogP contribution in [0.5, 0.6) is 0 Å². The molecule has 1 aliphatic carbocycles. The SMILES string of the molecule is CC1=C(Cl)[C@H]2CP(=O)(Cc3ccccc3)[C@@H]1[C@H]1C(=O)N(c3ccccc3)C(=O)[C@H]12. The molecule has 3 heterocycles. The minimum Gasteiger partial charge on any atom is -0.323 e. The van der Waals surface area contributed by atoms with E-state index in [1.165, 1.54) is 4.90 Å². The average molecular weight is 426 g/mol. The molecule has 0 spiro atoms. The van der Waals surface area contributed by atoms with Crippen LogP contribution in [0.15, 0.2) is 71.3 Å². The Bertz CT molecular complexity index is 1080. The van der Waals surface area contributed by atoms with Gasteiger partial charge in [0.15, 0.2) is 0 Å². The Morgan fingerprint density at radius 1 is 0.966 bits per heavy atom. The summed E-state index contributed by atoms with van der Waals surface area (Å²) in [6, 6.07) is 18.7. The van der Waals surface area contributed by atoms with Gasteiger partial charge in [0.25, 0.3) is 0 Å². The molecular weight excluding hydrogens is 405 g/mol. The molecular formula is C23H21ClNO3P. The highest BCUT2D eigenvalue weighted by molar-refractivity contribution is 7.64. The van der Waals surface area contributed by atoms with Crippen LogP contribution in [0.4, 0.5) is 5.69 Å². The molecule has 5 atom stereocenters. The molecule has 148 valence electrons. The molecule has 6 heteroatoms. The number of imide groups is 1. The van der Waals surface area contributed by atoms with E-state index in [0.717, 1.165) is 11.1 Å². The fraction of sp³-hybridized carbons (Fsp3) is 0.304. The molecule has 2 aromatic carbocycles. The number of anilines is 1. The van der Waals surface area contributed by atoms with Crippen molar-refractivity contribution in [2.75, 3.05) is 11.1 Å². The molecule has 0 saturated carbocycles. The number of fused-ring (bicyclic) bond motifs is 1. The van der Waals surface area contributed by atoms with Crippen LogP contribution in [-0.4, -0.2) is 23.6 Å². The molecule has 2 fully saturated rings. The fourth-order valence-corrected chi connectivity index (χ4v) is 10.2. The average Bonchev–Trinajstić information content (AvgIpc) is 2.97. The van der Waals surface area contributed by atoms with Crippen molar-refractivity contribution in [1.29, 1.82) is 0 Å². The van der Waals surface area contributed by atoms with Gasteiger partial charge in [-0.1, -0.05) is 60.1 Å². The number of hydrogen-bond acceptors (Lipinski definition) is 3. The number of benzene rings is 2. The van der Waals surface area contributed by atoms with Gasteiger partial charge in [0, 0.05) is 28.9 Å². The van der Waals surface area contributed by atoms with Gasteiger partial charge in [-0.25, -0.2) is 0 Å². The summed E-state index contributed by atoms with van der Waals surface area (Å²) in [4.78, 5) is 28.0. The van der Waals surface area contributed by atoms with Gasteiger partial charge in [-0.2, -0.15) is 0 Å². The molecule has 0 N–H and O–H groups in total. The van der Waals surface area contributed by atoms with Crippen molar-refractivity contribution in [2.24, 2.45) is 17.8 Å². The molecule has 1 unspecified atom stereocenters. The fourth-order valence-electron chi connectivity index (χ4n) is 5.50. The lowest BCUT2D eigenvalue weighted by molar-refractivity contribution is -0.122. The molecule has 6 rings (SSSR count). The summed E-state index contributed by atoms with van der Waals surface area (Å²) in [7, 11) is -2.78. The van der Waals surface area contributed by atoms with E-state index < -0.39 is 24.6 Å². The standard InChI is InChI=1S/C23H21ClNO3P/c1-14-20(24)17-13-29(28,12-15-8-4-2-5-9-15)21(14)19-18(17)22(26)25(23(19)27)16-10-6-3-7-11-16/h2-11,17-19,21H,12-13H2,1H3/t17-,18-,19-,21-,29?/m0/s1. The third-order valence-electron chi connectivity index (χ3n) is 6.64. The summed E-state index contributed by atoms with van der Waals surface area (Å²) in [5.41, 5.74) is 1.94. The van der Waals surface area contributed by atoms with Crippen molar-refractivity contribution in [3.05, 3.63) is 76.8 Å². The Morgan fingerprint density at radius 2 is 1.55 bits per heavy atom. The second-order valence-corrected chi connectivity index (χ2v) is 11.8. The zero-order valence-corrected chi connectivity index (χ0v) is 17.6. The molecule has 4 aliphatic rings. The largest absolute Gasteiger partial charge is 0.323 e. The molecule has 2 amide bonds. The minimum atomic E-state index is -2.78. The van der Waals surface area contributed by atoms with Crippen molar-refractivity contribution >= 4 is 36.2 Å². The Hall–Kier alpha value is -2.16. The van der Waals surface area contributed by atoms with Gasteiger partial charge in [-0.05, 0) is 30.2 Å². The van der Waals surface area contributed by atoms with Gasteiger partial charge in [0.05, 0.1) is 17.5 Å². The summed E-state index contributed by atoms with van der Waals surface area (Å²) < 4.78 is 14.2. The minimum absolute atomic E-state index is 0.210. The van der Waals surface area contributed by atoms with E-state index in [1.807, 2.05) is 55.5 Å². The van der Waals surface area contributed by atoms with E-state index in [4.69, 9.17) is 11.6 Å². The highest BCUT2D eigenvalue weighted by Crippen LogP contribution is 2.71. The maximum absolute atomic E-state index is 14.2. The smallest absolute Gasteiger partial charge is 0.238 e. The number of para-hydroxylation sites is 1. The third-order valence-corrected chi connectivity index (χ3v) is 10.9. The molecule has 3 aliphatic heterocycles. The van der Waals surface area contributed by atoms with Crippen LogP contribution in [0.2, 0.25) is 0 Å². The maximum Gasteiger partial charge on any atom is 0.238 e. The van der Waals surface area contributed by atoms with E-state index in [1.54, 1.807) is 12.1 Å². The first-order chi connectivity index (χ1) is 13.9. The highest BCUT2D eigenvalue weighted by Gasteiger charge is 2.65. The van der Waals surface area contributed by atoms with E-state index in [9.17, 15) is 14.2 Å². The van der Waals surface area contributed by atoms with Gasteiger partial charge in [-0.3, -0.25) is 14.5 Å². The lowest BCUT2D eigenvalue weighted by atomic mass is 9.74.